The Bertz CT molecular complexity index is 569. The van der Waals surface area contributed by atoms with Gasteiger partial charge in [-0.15, -0.1) is 0 Å². The SMILES string of the molecule is COCCN(Cc1ccco1)C(=O)Cc1cccc(F)c1. The summed E-state index contributed by atoms with van der Waals surface area (Å²) in [6, 6.07) is 9.67. The number of carbonyl (C=O) groups excluding carboxylic acids is 1. The van der Waals surface area contributed by atoms with E-state index < -0.39 is 0 Å². The van der Waals surface area contributed by atoms with Crippen LogP contribution in [0.4, 0.5) is 4.39 Å². The molecule has 112 valence electrons. The van der Waals surface area contributed by atoms with E-state index in [4.69, 9.17) is 9.15 Å². The molecule has 0 aliphatic carbocycles. The van der Waals surface area contributed by atoms with Crippen molar-refractivity contribution in [2.45, 2.75) is 13.0 Å². The Morgan fingerprint density at radius 3 is 2.86 bits per heavy atom. The van der Waals surface area contributed by atoms with Gasteiger partial charge in [0.25, 0.3) is 0 Å². The second kappa shape index (κ2) is 7.59. The summed E-state index contributed by atoms with van der Waals surface area (Å²) in [7, 11) is 1.59. The molecule has 1 amide bonds. The van der Waals surface area contributed by atoms with Crippen molar-refractivity contribution in [3.63, 3.8) is 0 Å². The fourth-order valence-electron chi connectivity index (χ4n) is 2.02. The van der Waals surface area contributed by atoms with Gasteiger partial charge in [-0.3, -0.25) is 4.79 Å². The molecule has 0 aliphatic heterocycles. The van der Waals surface area contributed by atoms with Crippen molar-refractivity contribution in [3.8, 4) is 0 Å². The van der Waals surface area contributed by atoms with Gasteiger partial charge in [0.1, 0.15) is 11.6 Å². The molecule has 0 aliphatic rings. The number of nitrogens with zero attached hydrogens (tertiary/aromatic N) is 1. The first kappa shape index (κ1) is 15.3. The first-order valence-corrected chi connectivity index (χ1v) is 6.72. The van der Waals surface area contributed by atoms with Crippen molar-refractivity contribution in [1.82, 2.24) is 4.90 Å². The lowest BCUT2D eigenvalue weighted by atomic mass is 10.1. The van der Waals surface area contributed by atoms with Crippen molar-refractivity contribution >= 4 is 5.91 Å². The van der Waals surface area contributed by atoms with Crippen LogP contribution in [0.25, 0.3) is 0 Å². The van der Waals surface area contributed by atoms with E-state index in [0.717, 1.165) is 0 Å². The van der Waals surface area contributed by atoms with Crippen LogP contribution < -0.4 is 0 Å². The van der Waals surface area contributed by atoms with Gasteiger partial charge in [-0.1, -0.05) is 12.1 Å². The molecule has 4 nitrogen and oxygen atoms in total. The quantitative estimate of drug-likeness (QED) is 0.787. The maximum absolute atomic E-state index is 13.2. The Balaban J connectivity index is 2.02. The van der Waals surface area contributed by atoms with E-state index in [1.54, 1.807) is 36.5 Å². The molecular formula is C16H18FNO3. The average molecular weight is 291 g/mol. The smallest absolute Gasteiger partial charge is 0.227 e. The summed E-state index contributed by atoms with van der Waals surface area (Å²) in [6.07, 6.45) is 1.73. The summed E-state index contributed by atoms with van der Waals surface area (Å²) in [5.74, 6) is 0.280. The molecule has 0 atom stereocenters. The van der Waals surface area contributed by atoms with E-state index in [0.29, 0.717) is 31.0 Å². The number of hydrogen-bond acceptors (Lipinski definition) is 3. The number of rotatable bonds is 7. The fraction of sp³-hybridized carbons (Fsp3) is 0.312. The molecule has 0 saturated heterocycles. The van der Waals surface area contributed by atoms with Crippen LogP contribution in [0.2, 0.25) is 0 Å². The Morgan fingerprint density at radius 2 is 2.19 bits per heavy atom. The van der Waals surface area contributed by atoms with Gasteiger partial charge < -0.3 is 14.1 Å². The minimum absolute atomic E-state index is 0.0888. The molecule has 1 heterocycles. The maximum Gasteiger partial charge on any atom is 0.227 e. The molecule has 2 rings (SSSR count). The molecule has 0 fully saturated rings. The summed E-state index contributed by atoms with van der Waals surface area (Å²) in [6.45, 7) is 1.28. The van der Waals surface area contributed by atoms with Crippen LogP contribution in [0.1, 0.15) is 11.3 Å². The van der Waals surface area contributed by atoms with Crippen LogP contribution >= 0.6 is 0 Å². The van der Waals surface area contributed by atoms with Gasteiger partial charge in [0, 0.05) is 13.7 Å². The average Bonchev–Trinajstić information content (AvgIpc) is 2.96. The van der Waals surface area contributed by atoms with Crippen molar-refractivity contribution in [2.75, 3.05) is 20.3 Å². The van der Waals surface area contributed by atoms with E-state index >= 15 is 0 Å². The third-order valence-corrected chi connectivity index (χ3v) is 3.09. The lowest BCUT2D eigenvalue weighted by Gasteiger charge is -2.21. The highest BCUT2D eigenvalue weighted by atomic mass is 19.1. The minimum atomic E-state index is -0.338. The highest BCUT2D eigenvalue weighted by Crippen LogP contribution is 2.10. The minimum Gasteiger partial charge on any atom is -0.467 e. The van der Waals surface area contributed by atoms with Gasteiger partial charge in [-0.05, 0) is 29.8 Å². The molecule has 0 N–H and O–H groups in total. The fourth-order valence-corrected chi connectivity index (χ4v) is 2.02. The number of benzene rings is 1. The van der Waals surface area contributed by atoms with Crippen molar-refractivity contribution in [1.29, 1.82) is 0 Å². The van der Waals surface area contributed by atoms with Crippen LogP contribution in [0.5, 0.6) is 0 Å². The Labute approximate surface area is 123 Å². The largest absolute Gasteiger partial charge is 0.467 e. The number of halogens is 1. The summed E-state index contributed by atoms with van der Waals surface area (Å²) in [5.41, 5.74) is 0.655. The number of methoxy groups -OCH3 is 1. The van der Waals surface area contributed by atoms with Crippen LogP contribution in [0, 0.1) is 5.82 Å². The first-order valence-electron chi connectivity index (χ1n) is 6.72. The van der Waals surface area contributed by atoms with Gasteiger partial charge >= 0.3 is 0 Å². The molecule has 5 heteroatoms. The van der Waals surface area contributed by atoms with E-state index in [9.17, 15) is 9.18 Å². The standard InChI is InChI=1S/C16H18FNO3/c1-20-9-7-18(12-15-6-3-8-21-15)16(19)11-13-4-2-5-14(17)10-13/h2-6,8,10H,7,9,11-12H2,1H3. The van der Waals surface area contributed by atoms with Gasteiger partial charge in [0.15, 0.2) is 0 Å². The van der Waals surface area contributed by atoms with E-state index in [1.807, 2.05) is 6.07 Å². The zero-order valence-corrected chi connectivity index (χ0v) is 11.9. The van der Waals surface area contributed by atoms with E-state index in [1.165, 1.54) is 12.1 Å². The molecule has 0 unspecified atom stereocenters. The zero-order valence-electron chi connectivity index (χ0n) is 11.9. The normalized spacial score (nSPS) is 10.6. The molecule has 1 aromatic carbocycles. The lowest BCUT2D eigenvalue weighted by molar-refractivity contribution is -0.132. The highest BCUT2D eigenvalue weighted by Gasteiger charge is 2.15. The molecule has 0 spiro atoms. The van der Waals surface area contributed by atoms with Crippen LogP contribution in [0.15, 0.2) is 47.1 Å². The van der Waals surface area contributed by atoms with Gasteiger partial charge in [-0.2, -0.15) is 0 Å². The Hall–Kier alpha value is -2.14. The van der Waals surface area contributed by atoms with Crippen LogP contribution in [0.3, 0.4) is 0 Å². The summed E-state index contributed by atoms with van der Waals surface area (Å²) >= 11 is 0. The lowest BCUT2D eigenvalue weighted by Crippen LogP contribution is -2.34. The number of amides is 1. The zero-order chi connectivity index (χ0) is 15.1. The second-order valence-corrected chi connectivity index (χ2v) is 4.69. The van der Waals surface area contributed by atoms with Crippen LogP contribution in [-0.4, -0.2) is 31.1 Å². The first-order chi connectivity index (χ1) is 10.2. The third-order valence-electron chi connectivity index (χ3n) is 3.09. The molecule has 21 heavy (non-hydrogen) atoms. The number of carbonyl (C=O) groups is 1. The molecule has 0 saturated carbocycles. The molecular weight excluding hydrogens is 273 g/mol. The van der Waals surface area contributed by atoms with E-state index in [-0.39, 0.29) is 18.1 Å². The van der Waals surface area contributed by atoms with Gasteiger partial charge in [0.05, 0.1) is 25.8 Å². The van der Waals surface area contributed by atoms with Crippen LogP contribution in [-0.2, 0) is 22.5 Å². The highest BCUT2D eigenvalue weighted by molar-refractivity contribution is 5.78. The van der Waals surface area contributed by atoms with Crippen molar-refractivity contribution < 1.29 is 18.3 Å². The summed E-state index contributed by atoms with van der Waals surface area (Å²) in [4.78, 5) is 14.0. The topological polar surface area (TPSA) is 42.7 Å². The third kappa shape index (κ3) is 4.72. The summed E-state index contributed by atoms with van der Waals surface area (Å²) in [5, 5.41) is 0. The monoisotopic (exact) mass is 291 g/mol. The van der Waals surface area contributed by atoms with Gasteiger partial charge in [0.2, 0.25) is 5.91 Å². The Morgan fingerprint density at radius 1 is 1.33 bits per heavy atom. The summed E-state index contributed by atoms with van der Waals surface area (Å²) < 4.78 is 23.5. The predicted octanol–water partition coefficient (Wildman–Crippen LogP) is 2.64. The molecule has 0 radical (unpaired) electrons. The van der Waals surface area contributed by atoms with E-state index in [2.05, 4.69) is 0 Å². The molecule has 2 aromatic rings. The predicted molar refractivity (Wildman–Crippen MR) is 76.1 cm³/mol. The van der Waals surface area contributed by atoms with Crippen molar-refractivity contribution in [2.24, 2.45) is 0 Å². The number of furan rings is 1. The molecule has 0 bridgehead atoms. The number of ether oxygens (including phenoxy) is 1. The number of hydrogen-bond donors (Lipinski definition) is 0. The Kier molecular flexibility index (Phi) is 5.51. The maximum atomic E-state index is 13.2. The second-order valence-electron chi connectivity index (χ2n) is 4.69. The van der Waals surface area contributed by atoms with Crippen molar-refractivity contribution in [3.05, 3.63) is 59.8 Å². The van der Waals surface area contributed by atoms with Gasteiger partial charge in [-0.25, -0.2) is 4.39 Å². The molecule has 1 aromatic heterocycles.